The molecule has 0 aromatic carbocycles. The summed E-state index contributed by atoms with van der Waals surface area (Å²) in [5.74, 6) is -0.428. The van der Waals surface area contributed by atoms with Crippen LogP contribution in [0.4, 0.5) is 0 Å². The summed E-state index contributed by atoms with van der Waals surface area (Å²) < 4.78 is 4.77. The second-order valence-corrected chi connectivity index (χ2v) is 5.48. The Hall–Kier alpha value is -1.14. The lowest BCUT2D eigenvalue weighted by molar-refractivity contribution is -0.146. The van der Waals surface area contributed by atoms with Gasteiger partial charge in [-0.1, -0.05) is 20.3 Å². The molecule has 1 amide bonds. The van der Waals surface area contributed by atoms with Crippen LogP contribution >= 0.6 is 0 Å². The predicted molar refractivity (Wildman–Crippen MR) is 77.3 cm³/mol. The zero-order valence-corrected chi connectivity index (χ0v) is 12.9. The maximum atomic E-state index is 12.1. The van der Waals surface area contributed by atoms with Crippen LogP contribution in [0.5, 0.6) is 0 Å². The van der Waals surface area contributed by atoms with Gasteiger partial charge in [0.2, 0.25) is 5.91 Å². The topological polar surface area (TPSA) is 70.7 Å². The van der Waals surface area contributed by atoms with E-state index in [4.69, 9.17) is 4.74 Å². The van der Waals surface area contributed by atoms with E-state index in [2.05, 4.69) is 22.5 Å². The molecule has 3 atom stereocenters. The van der Waals surface area contributed by atoms with Crippen molar-refractivity contribution in [2.24, 2.45) is 5.92 Å². The van der Waals surface area contributed by atoms with Crippen molar-refractivity contribution >= 4 is 11.9 Å². The zero-order chi connectivity index (χ0) is 15.1. The largest absolute Gasteiger partial charge is 0.467 e. The Bertz CT molecular complexity index is 336. The number of piperazine rings is 1. The molecule has 1 heterocycles. The molecular weight excluding hydrogens is 258 g/mol. The summed E-state index contributed by atoms with van der Waals surface area (Å²) in [6.07, 6.45) is 0.810. The lowest BCUT2D eigenvalue weighted by Crippen LogP contribution is -2.55. The molecule has 1 saturated heterocycles. The molecule has 0 aromatic rings. The van der Waals surface area contributed by atoms with E-state index in [0.29, 0.717) is 12.6 Å². The van der Waals surface area contributed by atoms with Crippen LogP contribution in [0, 0.1) is 5.92 Å². The molecule has 20 heavy (non-hydrogen) atoms. The number of nitrogens with zero attached hydrogens (tertiary/aromatic N) is 1. The fourth-order valence-corrected chi connectivity index (χ4v) is 2.32. The molecule has 1 aliphatic rings. The van der Waals surface area contributed by atoms with E-state index in [1.165, 1.54) is 7.11 Å². The number of hydrogen-bond acceptors (Lipinski definition) is 5. The molecule has 6 nitrogen and oxygen atoms in total. The maximum absolute atomic E-state index is 12.1. The maximum Gasteiger partial charge on any atom is 0.328 e. The Morgan fingerprint density at radius 1 is 1.50 bits per heavy atom. The Morgan fingerprint density at radius 3 is 2.75 bits per heavy atom. The van der Waals surface area contributed by atoms with Crippen molar-refractivity contribution in [3.63, 3.8) is 0 Å². The van der Waals surface area contributed by atoms with Crippen LogP contribution in [0.3, 0.4) is 0 Å². The summed E-state index contributed by atoms with van der Waals surface area (Å²) in [7, 11) is 1.35. The third-order valence-corrected chi connectivity index (χ3v) is 3.97. The van der Waals surface area contributed by atoms with Gasteiger partial charge in [0.05, 0.1) is 13.7 Å². The highest BCUT2D eigenvalue weighted by Crippen LogP contribution is 2.09. The van der Waals surface area contributed by atoms with Crippen molar-refractivity contribution in [1.82, 2.24) is 15.5 Å². The number of hydrogen-bond donors (Lipinski definition) is 2. The van der Waals surface area contributed by atoms with Crippen LogP contribution in [0.2, 0.25) is 0 Å². The van der Waals surface area contributed by atoms with E-state index in [9.17, 15) is 9.59 Å². The molecule has 6 heteroatoms. The number of methoxy groups -OCH3 is 1. The van der Waals surface area contributed by atoms with Crippen molar-refractivity contribution in [2.75, 3.05) is 33.3 Å². The summed E-state index contributed by atoms with van der Waals surface area (Å²) in [5, 5.41) is 6.10. The first-order valence-electron chi connectivity index (χ1n) is 7.31. The molecule has 2 N–H and O–H groups in total. The third kappa shape index (κ3) is 4.76. The first-order chi connectivity index (χ1) is 9.49. The van der Waals surface area contributed by atoms with Crippen molar-refractivity contribution in [1.29, 1.82) is 0 Å². The summed E-state index contributed by atoms with van der Waals surface area (Å²) >= 11 is 0. The molecule has 0 aliphatic carbocycles. The summed E-state index contributed by atoms with van der Waals surface area (Å²) in [6.45, 7) is 8.97. The molecule has 0 bridgehead atoms. The SMILES string of the molecule is CCC(C)C(NC(=O)CN1CCNC[C@H]1C)C(=O)OC. The van der Waals surface area contributed by atoms with Crippen LogP contribution in [-0.2, 0) is 14.3 Å². The van der Waals surface area contributed by atoms with Crippen LogP contribution in [0.15, 0.2) is 0 Å². The molecule has 0 aromatic heterocycles. The minimum Gasteiger partial charge on any atom is -0.467 e. The van der Waals surface area contributed by atoms with E-state index < -0.39 is 6.04 Å². The molecule has 0 radical (unpaired) electrons. The van der Waals surface area contributed by atoms with Crippen molar-refractivity contribution in [3.8, 4) is 0 Å². The number of nitrogens with one attached hydrogen (secondary N) is 2. The van der Waals surface area contributed by atoms with Gasteiger partial charge in [0, 0.05) is 25.7 Å². The average molecular weight is 285 g/mol. The Labute approximate surface area is 121 Å². The second-order valence-electron chi connectivity index (χ2n) is 5.48. The van der Waals surface area contributed by atoms with Gasteiger partial charge in [-0.25, -0.2) is 4.79 Å². The minimum absolute atomic E-state index is 0.0619. The van der Waals surface area contributed by atoms with Crippen LogP contribution in [0.25, 0.3) is 0 Å². The van der Waals surface area contributed by atoms with E-state index in [1.807, 2.05) is 13.8 Å². The van der Waals surface area contributed by atoms with E-state index >= 15 is 0 Å². The fourth-order valence-electron chi connectivity index (χ4n) is 2.32. The van der Waals surface area contributed by atoms with Gasteiger partial charge in [-0.2, -0.15) is 0 Å². The standard InChI is InChI=1S/C14H27N3O3/c1-5-10(2)13(14(19)20-4)16-12(18)9-17-7-6-15-8-11(17)3/h10-11,13,15H,5-9H2,1-4H3,(H,16,18)/t10?,11-,13?/m1/s1. The molecule has 116 valence electrons. The Morgan fingerprint density at radius 2 is 2.20 bits per heavy atom. The van der Waals surface area contributed by atoms with Crippen molar-refractivity contribution in [2.45, 2.75) is 39.3 Å². The monoisotopic (exact) mass is 285 g/mol. The van der Waals surface area contributed by atoms with Gasteiger partial charge in [-0.15, -0.1) is 0 Å². The Balaban J connectivity index is 2.54. The zero-order valence-electron chi connectivity index (χ0n) is 12.9. The molecule has 0 saturated carbocycles. The first-order valence-corrected chi connectivity index (χ1v) is 7.31. The summed E-state index contributed by atoms with van der Waals surface area (Å²) in [6, 6.07) is -0.231. The minimum atomic E-state index is -0.560. The van der Waals surface area contributed by atoms with Crippen LogP contribution in [-0.4, -0.2) is 62.1 Å². The quantitative estimate of drug-likeness (QED) is 0.671. The second kappa shape index (κ2) is 8.21. The van der Waals surface area contributed by atoms with E-state index in [0.717, 1.165) is 26.1 Å². The van der Waals surface area contributed by atoms with Gasteiger partial charge in [0.15, 0.2) is 0 Å². The summed E-state index contributed by atoms with van der Waals surface area (Å²) in [5.41, 5.74) is 0. The molecule has 1 aliphatic heterocycles. The van der Waals surface area contributed by atoms with Crippen molar-refractivity contribution in [3.05, 3.63) is 0 Å². The van der Waals surface area contributed by atoms with Gasteiger partial charge < -0.3 is 15.4 Å². The number of carbonyl (C=O) groups excluding carboxylic acids is 2. The molecule has 2 unspecified atom stereocenters. The van der Waals surface area contributed by atoms with Crippen LogP contribution in [0.1, 0.15) is 27.2 Å². The lowest BCUT2D eigenvalue weighted by atomic mass is 9.99. The molecule has 1 rings (SSSR count). The molecular formula is C14H27N3O3. The highest BCUT2D eigenvalue weighted by atomic mass is 16.5. The number of carbonyl (C=O) groups is 2. The lowest BCUT2D eigenvalue weighted by Gasteiger charge is -2.33. The fraction of sp³-hybridized carbons (Fsp3) is 0.857. The van der Waals surface area contributed by atoms with Crippen LogP contribution < -0.4 is 10.6 Å². The van der Waals surface area contributed by atoms with Gasteiger partial charge >= 0.3 is 5.97 Å². The smallest absolute Gasteiger partial charge is 0.328 e. The van der Waals surface area contributed by atoms with Gasteiger partial charge in [-0.05, 0) is 12.8 Å². The Kier molecular flexibility index (Phi) is 6.95. The first kappa shape index (κ1) is 16.9. The van der Waals surface area contributed by atoms with Gasteiger partial charge in [0.1, 0.15) is 6.04 Å². The average Bonchev–Trinajstić information content (AvgIpc) is 2.45. The van der Waals surface area contributed by atoms with Crippen molar-refractivity contribution < 1.29 is 14.3 Å². The molecule has 0 spiro atoms. The third-order valence-electron chi connectivity index (χ3n) is 3.97. The predicted octanol–water partition coefficient (Wildman–Crippen LogP) is -0.0160. The van der Waals surface area contributed by atoms with E-state index in [-0.39, 0.29) is 17.8 Å². The number of amides is 1. The highest BCUT2D eigenvalue weighted by molar-refractivity contribution is 5.85. The summed E-state index contributed by atoms with van der Waals surface area (Å²) in [4.78, 5) is 26.0. The number of ether oxygens (including phenoxy) is 1. The highest BCUT2D eigenvalue weighted by Gasteiger charge is 2.28. The normalized spacial score (nSPS) is 22.9. The van der Waals surface area contributed by atoms with Gasteiger partial charge in [0.25, 0.3) is 0 Å². The van der Waals surface area contributed by atoms with Gasteiger partial charge in [-0.3, -0.25) is 9.69 Å². The number of esters is 1. The van der Waals surface area contributed by atoms with E-state index in [1.54, 1.807) is 0 Å². The number of rotatable bonds is 6. The molecule has 1 fully saturated rings.